The number of amides is 2. The average Bonchev–Trinajstić information content (AvgIpc) is 2.36. The van der Waals surface area contributed by atoms with Gasteiger partial charge in [-0.15, -0.1) is 0 Å². The van der Waals surface area contributed by atoms with Crippen LogP contribution in [0, 0.1) is 5.92 Å². The van der Waals surface area contributed by atoms with E-state index in [1.165, 1.54) is 17.1 Å². The molecule has 0 aromatic carbocycles. The fraction of sp³-hybridized carbons (Fsp3) is 0.600. The van der Waals surface area contributed by atoms with Crippen molar-refractivity contribution >= 4 is 11.8 Å². The molecule has 0 aromatic rings. The van der Waals surface area contributed by atoms with Crippen LogP contribution in [-0.2, 0) is 9.59 Å². The summed E-state index contributed by atoms with van der Waals surface area (Å²) < 4.78 is 0. The fourth-order valence-corrected chi connectivity index (χ4v) is 1.69. The highest BCUT2D eigenvalue weighted by Crippen LogP contribution is 2.18. The highest BCUT2D eigenvalue weighted by atomic mass is 16.2. The van der Waals surface area contributed by atoms with Gasteiger partial charge in [0.25, 0.3) is 11.8 Å². The van der Waals surface area contributed by atoms with Crippen LogP contribution in [0.15, 0.2) is 12.2 Å². The molecule has 1 aliphatic rings. The Morgan fingerprint density at radius 2 is 1.69 bits per heavy atom. The first kappa shape index (κ1) is 9.96. The van der Waals surface area contributed by atoms with Crippen LogP contribution in [0.25, 0.3) is 0 Å². The Balaban J connectivity index is 2.81. The maximum atomic E-state index is 11.3. The lowest BCUT2D eigenvalue weighted by Gasteiger charge is -2.28. The van der Waals surface area contributed by atoms with Crippen molar-refractivity contribution in [3.8, 4) is 0 Å². The zero-order chi connectivity index (χ0) is 10.0. The molecular formula is C10H15NO2. The van der Waals surface area contributed by atoms with Crippen molar-refractivity contribution in [1.82, 2.24) is 4.90 Å². The van der Waals surface area contributed by atoms with Crippen LogP contribution in [0.4, 0.5) is 0 Å². The molecule has 3 heteroatoms. The molecule has 0 aliphatic carbocycles. The minimum Gasteiger partial charge on any atom is -0.272 e. The van der Waals surface area contributed by atoms with E-state index in [2.05, 4.69) is 0 Å². The van der Waals surface area contributed by atoms with Gasteiger partial charge in [0.2, 0.25) is 0 Å². The molecule has 0 N–H and O–H groups in total. The molecule has 1 aliphatic heterocycles. The van der Waals surface area contributed by atoms with Crippen molar-refractivity contribution < 1.29 is 9.59 Å². The predicted octanol–water partition coefficient (Wildman–Crippen LogP) is 1.35. The zero-order valence-corrected chi connectivity index (χ0v) is 8.28. The minimum atomic E-state index is -0.175. The molecule has 1 heterocycles. The van der Waals surface area contributed by atoms with Gasteiger partial charge in [0.05, 0.1) is 0 Å². The second-order valence-electron chi connectivity index (χ2n) is 3.60. The smallest absolute Gasteiger partial charge is 0.253 e. The van der Waals surface area contributed by atoms with Crippen molar-refractivity contribution in [3.05, 3.63) is 12.2 Å². The lowest BCUT2D eigenvalue weighted by molar-refractivity contribution is -0.140. The van der Waals surface area contributed by atoms with Crippen LogP contribution in [0.2, 0.25) is 0 Å². The van der Waals surface area contributed by atoms with Crippen molar-refractivity contribution in [2.45, 2.75) is 33.2 Å². The highest BCUT2D eigenvalue weighted by Gasteiger charge is 2.31. The van der Waals surface area contributed by atoms with Crippen LogP contribution in [0.5, 0.6) is 0 Å². The minimum absolute atomic E-state index is 0.0370. The molecule has 0 bridgehead atoms. The second kappa shape index (κ2) is 3.73. The molecule has 1 rings (SSSR count). The summed E-state index contributed by atoms with van der Waals surface area (Å²) in [5, 5.41) is 0. The van der Waals surface area contributed by atoms with Crippen LogP contribution < -0.4 is 0 Å². The molecule has 0 aromatic heterocycles. The monoisotopic (exact) mass is 181 g/mol. The van der Waals surface area contributed by atoms with Gasteiger partial charge in [0.15, 0.2) is 0 Å². The first-order valence-corrected chi connectivity index (χ1v) is 4.63. The fourth-order valence-electron chi connectivity index (χ4n) is 1.69. The van der Waals surface area contributed by atoms with Gasteiger partial charge in [-0.1, -0.05) is 20.8 Å². The number of carbonyl (C=O) groups excluding carboxylic acids is 2. The Morgan fingerprint density at radius 3 is 2.00 bits per heavy atom. The van der Waals surface area contributed by atoms with E-state index in [4.69, 9.17) is 0 Å². The zero-order valence-electron chi connectivity index (χ0n) is 8.28. The summed E-state index contributed by atoms with van der Waals surface area (Å²) in [4.78, 5) is 24.0. The summed E-state index contributed by atoms with van der Waals surface area (Å²) in [5.74, 6) is -0.0334. The van der Waals surface area contributed by atoms with Crippen molar-refractivity contribution in [2.24, 2.45) is 5.92 Å². The molecule has 72 valence electrons. The number of hydrogen-bond donors (Lipinski definition) is 0. The second-order valence-corrected chi connectivity index (χ2v) is 3.60. The first-order chi connectivity index (χ1) is 6.07. The molecule has 0 radical (unpaired) electrons. The maximum absolute atomic E-state index is 11.3. The van der Waals surface area contributed by atoms with E-state index in [0.717, 1.165) is 6.42 Å². The van der Waals surface area contributed by atoms with Gasteiger partial charge in [0, 0.05) is 18.2 Å². The van der Waals surface area contributed by atoms with Gasteiger partial charge in [-0.3, -0.25) is 14.5 Å². The summed E-state index contributed by atoms with van der Waals surface area (Å²) >= 11 is 0. The number of hydrogen-bond acceptors (Lipinski definition) is 2. The quantitative estimate of drug-likeness (QED) is 0.616. The Morgan fingerprint density at radius 1 is 1.23 bits per heavy atom. The van der Waals surface area contributed by atoms with E-state index < -0.39 is 0 Å². The summed E-state index contributed by atoms with van der Waals surface area (Å²) in [5.41, 5.74) is 0. The lowest BCUT2D eigenvalue weighted by atomic mass is 10.0. The lowest BCUT2D eigenvalue weighted by Crippen LogP contribution is -2.42. The van der Waals surface area contributed by atoms with Crippen molar-refractivity contribution in [3.63, 3.8) is 0 Å². The third-order valence-electron chi connectivity index (χ3n) is 2.36. The maximum Gasteiger partial charge on any atom is 0.253 e. The van der Waals surface area contributed by atoms with Crippen molar-refractivity contribution in [1.29, 1.82) is 0 Å². The molecule has 13 heavy (non-hydrogen) atoms. The Kier molecular flexibility index (Phi) is 2.86. The third kappa shape index (κ3) is 1.79. The van der Waals surface area contributed by atoms with E-state index in [1.54, 1.807) is 0 Å². The average molecular weight is 181 g/mol. The van der Waals surface area contributed by atoms with Gasteiger partial charge in [-0.05, 0) is 12.3 Å². The molecule has 0 saturated carbocycles. The number of imide groups is 1. The SMILES string of the molecule is CCC(C(C)C)N1C(=O)C=CC1=O. The Bertz CT molecular complexity index is 238. The molecule has 0 saturated heterocycles. The van der Waals surface area contributed by atoms with Gasteiger partial charge in [-0.25, -0.2) is 0 Å². The van der Waals surface area contributed by atoms with E-state index in [-0.39, 0.29) is 17.9 Å². The summed E-state index contributed by atoms with van der Waals surface area (Å²) in [6.45, 7) is 6.03. The number of rotatable bonds is 3. The summed E-state index contributed by atoms with van der Waals surface area (Å²) in [6, 6.07) is 0.0370. The van der Waals surface area contributed by atoms with E-state index in [1.807, 2.05) is 20.8 Å². The van der Waals surface area contributed by atoms with Crippen LogP contribution in [0.3, 0.4) is 0 Å². The third-order valence-corrected chi connectivity index (χ3v) is 2.36. The van der Waals surface area contributed by atoms with Crippen LogP contribution in [0.1, 0.15) is 27.2 Å². The van der Waals surface area contributed by atoms with E-state index in [0.29, 0.717) is 5.92 Å². The molecule has 3 nitrogen and oxygen atoms in total. The summed E-state index contributed by atoms with van der Waals surface area (Å²) in [7, 11) is 0. The topological polar surface area (TPSA) is 37.4 Å². The number of carbonyl (C=O) groups is 2. The molecule has 2 amide bonds. The highest BCUT2D eigenvalue weighted by molar-refractivity contribution is 6.13. The van der Waals surface area contributed by atoms with Crippen LogP contribution >= 0.6 is 0 Å². The molecular weight excluding hydrogens is 166 g/mol. The number of nitrogens with zero attached hydrogens (tertiary/aromatic N) is 1. The van der Waals surface area contributed by atoms with E-state index >= 15 is 0 Å². The molecule has 1 atom stereocenters. The predicted molar refractivity (Wildman–Crippen MR) is 49.9 cm³/mol. The van der Waals surface area contributed by atoms with Gasteiger partial charge in [-0.2, -0.15) is 0 Å². The van der Waals surface area contributed by atoms with Gasteiger partial charge in [0.1, 0.15) is 0 Å². The Hall–Kier alpha value is -1.12. The Labute approximate surface area is 78.4 Å². The normalized spacial score (nSPS) is 18.9. The molecule has 0 fully saturated rings. The molecule has 1 unspecified atom stereocenters. The van der Waals surface area contributed by atoms with Gasteiger partial charge < -0.3 is 0 Å². The van der Waals surface area contributed by atoms with Crippen molar-refractivity contribution in [2.75, 3.05) is 0 Å². The van der Waals surface area contributed by atoms with Crippen LogP contribution in [-0.4, -0.2) is 22.8 Å². The summed E-state index contributed by atoms with van der Waals surface area (Å²) in [6.07, 6.45) is 3.50. The molecule has 0 spiro atoms. The standard InChI is InChI=1S/C10H15NO2/c1-4-8(7(2)3)11-9(12)5-6-10(11)13/h5-8H,4H2,1-3H3. The largest absolute Gasteiger partial charge is 0.272 e. The van der Waals surface area contributed by atoms with E-state index in [9.17, 15) is 9.59 Å². The first-order valence-electron chi connectivity index (χ1n) is 4.63. The van der Waals surface area contributed by atoms with Gasteiger partial charge >= 0.3 is 0 Å².